The van der Waals surface area contributed by atoms with Crippen molar-refractivity contribution in [2.45, 2.75) is 25.6 Å². The largest absolute Gasteiger partial charge is 0.488 e. The summed E-state index contributed by atoms with van der Waals surface area (Å²) in [5.41, 5.74) is 0. The van der Waals surface area contributed by atoms with Gasteiger partial charge in [-0.3, -0.25) is 0 Å². The molecular weight excluding hydrogens is 164 g/mol. The van der Waals surface area contributed by atoms with Crippen LogP contribution in [0.4, 0.5) is 0 Å². The number of benzene rings is 1. The maximum atomic E-state index is 5.67. The lowest BCUT2D eigenvalue weighted by atomic mass is 10.3. The van der Waals surface area contributed by atoms with E-state index in [1.54, 1.807) is 0 Å². The molecular formula is C11H14O2. The quantitative estimate of drug-likeness (QED) is 0.704. The van der Waals surface area contributed by atoms with Gasteiger partial charge < -0.3 is 9.47 Å². The van der Waals surface area contributed by atoms with Gasteiger partial charge in [-0.25, -0.2) is 0 Å². The number of ether oxygens (including phenoxy) is 2. The lowest BCUT2D eigenvalue weighted by Gasteiger charge is -2.04. The molecule has 0 heterocycles. The molecule has 2 atom stereocenters. The maximum Gasteiger partial charge on any atom is 0.127 e. The van der Waals surface area contributed by atoms with E-state index in [-0.39, 0.29) is 6.10 Å². The van der Waals surface area contributed by atoms with Gasteiger partial charge in [-0.05, 0) is 19.1 Å². The third kappa shape index (κ3) is 2.22. The zero-order chi connectivity index (χ0) is 9.10. The fraction of sp³-hybridized carbons (Fsp3) is 0.455. The molecule has 0 saturated heterocycles. The summed E-state index contributed by atoms with van der Waals surface area (Å²) in [6.07, 6.45) is 1.63. The van der Waals surface area contributed by atoms with Gasteiger partial charge in [0, 0.05) is 13.0 Å². The predicted molar refractivity (Wildman–Crippen MR) is 50.9 cm³/mol. The van der Waals surface area contributed by atoms with E-state index in [9.17, 15) is 0 Å². The van der Waals surface area contributed by atoms with Gasteiger partial charge in [0.1, 0.15) is 11.9 Å². The zero-order valence-corrected chi connectivity index (χ0v) is 7.77. The van der Waals surface area contributed by atoms with Crippen LogP contribution < -0.4 is 4.74 Å². The molecule has 0 radical (unpaired) electrons. The molecule has 1 aliphatic rings. The minimum atomic E-state index is 0.280. The summed E-state index contributed by atoms with van der Waals surface area (Å²) in [7, 11) is 0. The molecule has 0 aliphatic heterocycles. The van der Waals surface area contributed by atoms with Crippen LogP contribution in [0.5, 0.6) is 5.75 Å². The molecule has 1 aliphatic carbocycles. The van der Waals surface area contributed by atoms with Crippen LogP contribution in [0.2, 0.25) is 0 Å². The molecule has 2 nitrogen and oxygen atoms in total. The first kappa shape index (κ1) is 8.57. The molecule has 0 bridgehead atoms. The first-order valence-electron chi connectivity index (χ1n) is 4.73. The summed E-state index contributed by atoms with van der Waals surface area (Å²) in [5.74, 6) is 0.940. The van der Waals surface area contributed by atoms with E-state index in [0.717, 1.165) is 18.8 Å². The molecule has 0 unspecified atom stereocenters. The van der Waals surface area contributed by atoms with Crippen molar-refractivity contribution in [1.82, 2.24) is 0 Å². The van der Waals surface area contributed by atoms with Gasteiger partial charge in [-0.15, -0.1) is 0 Å². The number of hydrogen-bond donors (Lipinski definition) is 0. The lowest BCUT2D eigenvalue weighted by Crippen LogP contribution is -2.06. The highest BCUT2D eigenvalue weighted by atomic mass is 16.6. The van der Waals surface area contributed by atoms with Crippen molar-refractivity contribution in [3.63, 3.8) is 0 Å². The Hall–Kier alpha value is -1.02. The molecule has 0 spiro atoms. The number of hydrogen-bond acceptors (Lipinski definition) is 2. The van der Waals surface area contributed by atoms with Gasteiger partial charge in [0.25, 0.3) is 0 Å². The molecule has 0 N–H and O–H groups in total. The third-order valence-electron chi connectivity index (χ3n) is 2.09. The second kappa shape index (κ2) is 3.79. The van der Waals surface area contributed by atoms with Gasteiger partial charge in [0.2, 0.25) is 0 Å². The highest BCUT2D eigenvalue weighted by molar-refractivity contribution is 5.22. The first-order chi connectivity index (χ1) is 6.40. The van der Waals surface area contributed by atoms with E-state index in [4.69, 9.17) is 9.47 Å². The monoisotopic (exact) mass is 178 g/mol. The SMILES string of the molecule is CCO[C@H]1C[C@@H]1Oc1ccccc1. The predicted octanol–water partition coefficient (Wildman–Crippen LogP) is 2.24. The van der Waals surface area contributed by atoms with Crippen molar-refractivity contribution in [2.24, 2.45) is 0 Å². The van der Waals surface area contributed by atoms with E-state index >= 15 is 0 Å². The van der Waals surface area contributed by atoms with Crippen LogP contribution in [-0.4, -0.2) is 18.8 Å². The summed E-state index contributed by atoms with van der Waals surface area (Å²) in [4.78, 5) is 0. The van der Waals surface area contributed by atoms with Crippen molar-refractivity contribution in [2.75, 3.05) is 6.61 Å². The van der Waals surface area contributed by atoms with Gasteiger partial charge in [-0.1, -0.05) is 18.2 Å². The Kier molecular flexibility index (Phi) is 2.50. The van der Waals surface area contributed by atoms with E-state index < -0.39 is 0 Å². The Morgan fingerprint density at radius 2 is 2.00 bits per heavy atom. The number of para-hydroxylation sites is 1. The molecule has 1 aromatic rings. The standard InChI is InChI=1S/C11H14O2/c1-2-12-10-8-11(10)13-9-6-4-3-5-7-9/h3-7,10-11H,2,8H2,1H3/t10-,11-/m0/s1. The molecule has 2 heteroatoms. The van der Waals surface area contributed by atoms with E-state index in [0.29, 0.717) is 6.10 Å². The van der Waals surface area contributed by atoms with E-state index in [1.807, 2.05) is 37.3 Å². The Morgan fingerprint density at radius 3 is 2.69 bits per heavy atom. The van der Waals surface area contributed by atoms with E-state index in [1.165, 1.54) is 0 Å². The zero-order valence-electron chi connectivity index (χ0n) is 7.77. The van der Waals surface area contributed by atoms with Crippen molar-refractivity contribution in [3.05, 3.63) is 30.3 Å². The van der Waals surface area contributed by atoms with Crippen LogP contribution in [0.1, 0.15) is 13.3 Å². The molecule has 0 aromatic heterocycles. The second-order valence-electron chi connectivity index (χ2n) is 3.20. The maximum absolute atomic E-state index is 5.67. The minimum Gasteiger partial charge on any atom is -0.488 e. The Balaban J connectivity index is 1.81. The topological polar surface area (TPSA) is 18.5 Å². The van der Waals surface area contributed by atoms with Gasteiger partial charge in [0.15, 0.2) is 0 Å². The van der Waals surface area contributed by atoms with Crippen LogP contribution in [0, 0.1) is 0 Å². The smallest absolute Gasteiger partial charge is 0.127 e. The van der Waals surface area contributed by atoms with E-state index in [2.05, 4.69) is 0 Å². The molecule has 0 amide bonds. The molecule has 2 rings (SSSR count). The van der Waals surface area contributed by atoms with Crippen LogP contribution in [-0.2, 0) is 4.74 Å². The lowest BCUT2D eigenvalue weighted by molar-refractivity contribution is 0.0991. The van der Waals surface area contributed by atoms with Gasteiger partial charge in [0.05, 0.1) is 6.10 Å². The summed E-state index contributed by atoms with van der Waals surface area (Å²) >= 11 is 0. The van der Waals surface area contributed by atoms with Crippen molar-refractivity contribution in [3.8, 4) is 5.75 Å². The molecule has 13 heavy (non-hydrogen) atoms. The Morgan fingerprint density at radius 1 is 1.23 bits per heavy atom. The third-order valence-corrected chi connectivity index (χ3v) is 2.09. The summed E-state index contributed by atoms with van der Waals surface area (Å²) in [6, 6.07) is 9.89. The van der Waals surface area contributed by atoms with Crippen LogP contribution >= 0.6 is 0 Å². The van der Waals surface area contributed by atoms with Crippen LogP contribution in [0.3, 0.4) is 0 Å². The molecule has 1 saturated carbocycles. The Bertz CT molecular complexity index is 258. The fourth-order valence-electron chi connectivity index (χ4n) is 1.34. The first-order valence-corrected chi connectivity index (χ1v) is 4.73. The van der Waals surface area contributed by atoms with Crippen molar-refractivity contribution < 1.29 is 9.47 Å². The summed E-state index contributed by atoms with van der Waals surface area (Å²) in [5, 5.41) is 0. The second-order valence-corrected chi connectivity index (χ2v) is 3.20. The molecule has 1 fully saturated rings. The highest BCUT2D eigenvalue weighted by Crippen LogP contribution is 2.30. The number of rotatable bonds is 4. The summed E-state index contributed by atoms with van der Waals surface area (Å²) < 4.78 is 11.1. The van der Waals surface area contributed by atoms with Crippen molar-refractivity contribution in [1.29, 1.82) is 0 Å². The molecule has 1 aromatic carbocycles. The van der Waals surface area contributed by atoms with Crippen LogP contribution in [0.25, 0.3) is 0 Å². The minimum absolute atomic E-state index is 0.280. The van der Waals surface area contributed by atoms with Crippen molar-refractivity contribution >= 4 is 0 Å². The van der Waals surface area contributed by atoms with Crippen LogP contribution in [0.15, 0.2) is 30.3 Å². The Labute approximate surface area is 78.5 Å². The summed E-state index contributed by atoms with van der Waals surface area (Å²) in [6.45, 7) is 2.79. The molecule has 70 valence electrons. The average molecular weight is 178 g/mol. The average Bonchev–Trinajstić information content (AvgIpc) is 2.86. The normalized spacial score (nSPS) is 25.6. The van der Waals surface area contributed by atoms with Gasteiger partial charge >= 0.3 is 0 Å². The fourth-order valence-corrected chi connectivity index (χ4v) is 1.34. The van der Waals surface area contributed by atoms with Gasteiger partial charge in [-0.2, -0.15) is 0 Å². The highest BCUT2D eigenvalue weighted by Gasteiger charge is 2.40.